The molecule has 14 nitrogen and oxygen atoms in total. The van der Waals surface area contributed by atoms with Gasteiger partial charge in [-0.25, -0.2) is 4.79 Å². The van der Waals surface area contributed by atoms with Gasteiger partial charge in [0.2, 0.25) is 11.7 Å². The fourth-order valence-corrected chi connectivity index (χ4v) is 19.0. The van der Waals surface area contributed by atoms with E-state index in [0.717, 1.165) is 73.9 Å². The molecule has 10 aliphatic rings. The number of aliphatic hydroxyl groups is 3. The average molecular weight is 1550 g/mol. The summed E-state index contributed by atoms with van der Waals surface area (Å²) >= 11 is 0. The maximum Gasteiger partial charge on any atom is 0.449 e. The summed E-state index contributed by atoms with van der Waals surface area (Å²) < 4.78 is 96.7. The molecule has 2 heterocycles. The number of fused-ring (bicyclic) bond motifs is 5. The molecule has 8 aliphatic carbocycles. The van der Waals surface area contributed by atoms with E-state index in [2.05, 4.69) is 119 Å². The summed E-state index contributed by atoms with van der Waals surface area (Å²) in [4.78, 5) is 47.4. The van der Waals surface area contributed by atoms with Crippen LogP contribution in [0.4, 0.5) is 22.0 Å². The van der Waals surface area contributed by atoms with Crippen molar-refractivity contribution in [3.8, 4) is 11.5 Å². The zero-order valence-corrected chi connectivity index (χ0v) is 69.9. The minimum Gasteiger partial charge on any atom is -0.508 e. The van der Waals surface area contributed by atoms with Gasteiger partial charge in [0.1, 0.15) is 17.1 Å². The molecule has 0 radical (unpaired) electrons. The number of aromatic hydroxyl groups is 1. The van der Waals surface area contributed by atoms with Crippen molar-refractivity contribution in [2.75, 3.05) is 13.2 Å². The van der Waals surface area contributed by atoms with E-state index in [0.29, 0.717) is 80.7 Å². The van der Waals surface area contributed by atoms with Crippen LogP contribution in [0.2, 0.25) is 0 Å². The van der Waals surface area contributed by atoms with Gasteiger partial charge in [-0.2, -0.15) is 22.0 Å². The van der Waals surface area contributed by atoms with Gasteiger partial charge in [-0.3, -0.25) is 14.4 Å². The molecule has 110 heavy (non-hydrogen) atoms. The van der Waals surface area contributed by atoms with Gasteiger partial charge in [0.05, 0.1) is 46.8 Å². The maximum atomic E-state index is 14.0. The molecule has 15 atom stereocenters. The normalized spacial score (nSPS) is 30.9. The third kappa shape index (κ3) is 18.7. The van der Waals surface area contributed by atoms with Crippen molar-refractivity contribution >= 4 is 34.6 Å². The molecule has 9 fully saturated rings. The molecule has 0 spiro atoms. The summed E-state index contributed by atoms with van der Waals surface area (Å²) in [5, 5.41) is 43.3. The lowest BCUT2D eigenvalue weighted by atomic mass is 9.37. The number of esters is 4. The summed E-state index contributed by atoms with van der Waals surface area (Å²) in [6, 6.07) is 29.6. The summed E-state index contributed by atoms with van der Waals surface area (Å²) in [6.45, 7) is 38.9. The van der Waals surface area contributed by atoms with Gasteiger partial charge < -0.3 is 48.8 Å². The molecule has 4 N–H and O–H groups in total. The predicted molar refractivity (Wildman–Crippen MR) is 420 cm³/mol. The number of ether oxygens (including phenoxy) is 6. The van der Waals surface area contributed by atoms with Crippen molar-refractivity contribution in [2.45, 2.75) is 337 Å². The molecule has 2 aliphatic heterocycles. The van der Waals surface area contributed by atoms with Gasteiger partial charge in [0, 0.05) is 17.3 Å². The van der Waals surface area contributed by atoms with E-state index in [-0.39, 0.29) is 29.2 Å². The molecule has 4 aromatic carbocycles. The second-order valence-electron chi connectivity index (χ2n) is 37.7. The number of phenolic OH excluding ortho intramolecular Hbond substituents is 1. The van der Waals surface area contributed by atoms with Gasteiger partial charge >= 0.3 is 41.8 Å². The van der Waals surface area contributed by atoms with Crippen LogP contribution >= 0.6 is 0 Å². The average Bonchev–Trinajstić information content (AvgIpc) is 1.62. The Morgan fingerprint density at radius 1 is 0.618 bits per heavy atom. The van der Waals surface area contributed by atoms with Gasteiger partial charge in [-0.1, -0.05) is 129 Å². The highest BCUT2D eigenvalue weighted by Crippen LogP contribution is 2.73. The van der Waals surface area contributed by atoms with Crippen LogP contribution in [0.5, 0.6) is 11.5 Å². The van der Waals surface area contributed by atoms with Crippen molar-refractivity contribution in [2.24, 2.45) is 62.6 Å². The molecular weight excluding hydrogens is 1410 g/mol. The molecule has 7 saturated carbocycles. The lowest BCUT2D eigenvalue weighted by Crippen LogP contribution is -2.70. The Hall–Kier alpha value is -5.89. The summed E-state index contributed by atoms with van der Waals surface area (Å²) in [6.07, 6.45) is 12.3. The number of cyclic esters (lactones) is 1. The number of phenols is 1. The van der Waals surface area contributed by atoms with Crippen LogP contribution in [0.1, 0.15) is 307 Å². The van der Waals surface area contributed by atoms with Crippen LogP contribution in [0.3, 0.4) is 0 Å². The molecular formula is C91H133F5O14. The SMILES string of the molecule is CC1c2cccc3cccc(c23)C1C.CCC(C)(C)C(=O)OC1(C)COC(O)(C(F)(F)F)C1(F)F.CCC(C)(C)C(=O)OC12CC3CC(C(C)(C)O)(C1)CC(C(C)(C)O)(C3)C2.CCC(C)(C)C(=O)OC1CCOC1=O.CCC(C)c1ccc(O)cc1.CCC(C)c1ccc(OC(C)CC2CC3CC2C2CCCC32)cc1. The lowest BCUT2D eigenvalue weighted by Gasteiger charge is -2.70. The number of benzene rings is 4. The number of carbonyl (C=O) groups is 4. The summed E-state index contributed by atoms with van der Waals surface area (Å²) in [5.41, 5.74) is -2.19. The third-order valence-corrected chi connectivity index (χ3v) is 28.1. The molecule has 0 aromatic heterocycles. The quantitative estimate of drug-likeness (QED) is 0.0392. The number of hydrogen-bond acceptors (Lipinski definition) is 14. The maximum absolute atomic E-state index is 14.0. The number of rotatable bonds is 19. The summed E-state index contributed by atoms with van der Waals surface area (Å²) in [7, 11) is 0. The van der Waals surface area contributed by atoms with Gasteiger partial charge in [-0.15, -0.1) is 0 Å². The van der Waals surface area contributed by atoms with Crippen LogP contribution < -0.4 is 4.74 Å². The number of hydrogen-bond donors (Lipinski definition) is 4. The Bertz CT molecular complexity index is 3700. The molecule has 616 valence electrons. The molecule has 6 bridgehead atoms. The van der Waals surface area contributed by atoms with Crippen LogP contribution in [0.25, 0.3) is 10.8 Å². The number of carbonyl (C=O) groups excluding carboxylic acids is 4. The van der Waals surface area contributed by atoms with Crippen molar-refractivity contribution in [1.29, 1.82) is 0 Å². The first-order chi connectivity index (χ1) is 50.9. The highest BCUT2D eigenvalue weighted by molar-refractivity contribution is 5.92. The van der Waals surface area contributed by atoms with E-state index in [1.807, 2.05) is 67.5 Å². The molecule has 19 heteroatoms. The first-order valence-electron chi connectivity index (χ1n) is 41.1. The van der Waals surface area contributed by atoms with Gasteiger partial charge in [0.15, 0.2) is 0 Å². The van der Waals surface area contributed by atoms with Crippen LogP contribution in [-0.4, -0.2) is 110 Å². The number of halogens is 5. The fourth-order valence-electron chi connectivity index (χ4n) is 19.0. The molecule has 0 amide bonds. The van der Waals surface area contributed by atoms with E-state index in [9.17, 15) is 56.4 Å². The van der Waals surface area contributed by atoms with E-state index >= 15 is 0 Å². The Balaban J connectivity index is 0.000000170. The molecule has 15 unspecified atom stereocenters. The predicted octanol–water partition coefficient (Wildman–Crippen LogP) is 21.5. The highest BCUT2D eigenvalue weighted by atomic mass is 19.4. The smallest absolute Gasteiger partial charge is 0.449 e. The largest absolute Gasteiger partial charge is 0.508 e. The lowest BCUT2D eigenvalue weighted by molar-refractivity contribution is -0.409. The zero-order chi connectivity index (χ0) is 82.1. The van der Waals surface area contributed by atoms with E-state index in [1.165, 1.54) is 91.8 Å². The minimum absolute atomic E-state index is 0.140. The fraction of sp³-hybridized carbons (Fsp3) is 0.714. The number of alkyl halides is 5. The van der Waals surface area contributed by atoms with E-state index in [4.69, 9.17) is 24.1 Å². The molecule has 4 aromatic rings. The first kappa shape index (κ1) is 89.7. The van der Waals surface area contributed by atoms with E-state index in [1.54, 1.807) is 32.9 Å². The summed E-state index contributed by atoms with van der Waals surface area (Å²) in [5.74, 6) is -1.94. The van der Waals surface area contributed by atoms with Gasteiger partial charge in [0.25, 0.3) is 0 Å². The Kier molecular flexibility index (Phi) is 27.6. The third-order valence-electron chi connectivity index (χ3n) is 28.1. The molecule has 2 saturated heterocycles. The Morgan fingerprint density at radius 3 is 1.55 bits per heavy atom. The second-order valence-corrected chi connectivity index (χ2v) is 37.7. The second kappa shape index (κ2) is 33.9. The standard InChI is InChI=1S/C23H34O.C22H38O4.C14H14.C12H17F5O4.C10H16O4.C10H14O/c1-4-15(2)17-8-10-20(11-9-17)24-16(3)12-18-13-19-14-23(18)22-7-5-6-21(19)22;1-8-17(2,3)16(23)26-22-11-15-9-20(13-22,18(4,5)24)12-21(10-15,14-22)19(6,7)25;1-9-10(2)13-8-4-6-11-5-3-7-12(9)14(11)13;1-5-8(2,3)7(18)21-9(4)6-20-11(19,10(9,13)14)12(15,16)17;1-4-10(2,3)9(12)14-7-5-6-13-8(7)11;1-3-8(2)9-4-6-10(11)7-5-9/h8-11,15-16,18-19,21-23H,4-7,12-14H2,1-3H3;15,24-25H,8-14H2,1-7H3;3-10H,1-2H3;19H,5-6H2,1-4H3;7H,4-6H2,1-3H3;4-8,11H,3H2,1-2H3. The topological polar surface area (TPSA) is 205 Å². The Morgan fingerprint density at radius 2 is 1.10 bits per heavy atom. The van der Waals surface area contributed by atoms with Crippen LogP contribution in [-0.2, 0) is 42.9 Å². The van der Waals surface area contributed by atoms with Crippen molar-refractivity contribution in [1.82, 2.24) is 0 Å². The van der Waals surface area contributed by atoms with Crippen molar-refractivity contribution in [3.05, 3.63) is 107 Å². The first-order valence-corrected chi connectivity index (χ1v) is 41.1. The monoisotopic (exact) mass is 1540 g/mol. The minimum atomic E-state index is -5.74. The highest BCUT2D eigenvalue weighted by Gasteiger charge is 2.83. The van der Waals surface area contributed by atoms with Gasteiger partial charge in [-0.05, 0) is 302 Å². The zero-order valence-electron chi connectivity index (χ0n) is 69.9. The van der Waals surface area contributed by atoms with Crippen molar-refractivity contribution in [3.63, 3.8) is 0 Å². The van der Waals surface area contributed by atoms with E-state index < -0.39 is 81.2 Å². The van der Waals surface area contributed by atoms with Crippen LogP contribution in [0.15, 0.2) is 84.9 Å². The van der Waals surface area contributed by atoms with Crippen molar-refractivity contribution < 1.29 is 90.0 Å². The molecule has 14 rings (SSSR count). The van der Waals surface area contributed by atoms with Crippen LogP contribution in [0, 0.1) is 62.6 Å². The Labute approximate surface area is 653 Å².